The Morgan fingerprint density at radius 3 is 2.46 bits per heavy atom. The molecule has 374 valence electrons. The lowest BCUT2D eigenvalue weighted by atomic mass is 9.55. The predicted molar refractivity (Wildman–Crippen MR) is 274 cm³/mol. The Morgan fingerprint density at radius 2 is 1.69 bits per heavy atom. The summed E-state index contributed by atoms with van der Waals surface area (Å²) in [5, 5.41) is 39.9. The van der Waals surface area contributed by atoms with Crippen molar-refractivity contribution in [1.29, 1.82) is 5.26 Å². The number of nitrogens with one attached hydrogen (secondary N) is 1. The number of oxime groups is 1. The number of fused-ring (bicyclic) bond motifs is 3. The first-order chi connectivity index (χ1) is 35.3. The zero-order valence-electron chi connectivity index (χ0n) is 40.7. The Bertz CT molecular complexity index is 2780. The van der Waals surface area contributed by atoms with Crippen molar-refractivity contribution in [3.63, 3.8) is 0 Å². The number of ether oxygens (including phenoxy) is 4. The summed E-state index contributed by atoms with van der Waals surface area (Å²) >= 11 is 0. The van der Waals surface area contributed by atoms with Gasteiger partial charge in [-0.25, -0.2) is 4.79 Å². The van der Waals surface area contributed by atoms with Gasteiger partial charge in [0.05, 0.1) is 36.5 Å². The summed E-state index contributed by atoms with van der Waals surface area (Å²) in [5.41, 5.74) is 4.98. The normalized spacial score (nSPS) is 23.6. The van der Waals surface area contributed by atoms with Gasteiger partial charge in [0.2, 0.25) is 12.1 Å². The zero-order chi connectivity index (χ0) is 49.9. The lowest BCUT2D eigenvalue weighted by Crippen LogP contribution is -2.70. The average Bonchev–Trinajstić information content (AvgIpc) is 3.42. The summed E-state index contributed by atoms with van der Waals surface area (Å²) in [6.45, 7) is 5.28. The lowest BCUT2D eigenvalue weighted by molar-refractivity contribution is -0.255. The van der Waals surface area contributed by atoms with Crippen LogP contribution in [-0.2, 0) is 27.4 Å². The van der Waals surface area contributed by atoms with Gasteiger partial charge in [-0.15, -0.1) is 6.58 Å². The average molecular weight is 973 g/mol. The number of allylic oxidation sites excluding steroid dienone is 1. The summed E-state index contributed by atoms with van der Waals surface area (Å²) in [6.07, 6.45) is 9.77. The van der Waals surface area contributed by atoms with E-state index in [1.165, 1.54) is 0 Å². The predicted octanol–water partition coefficient (Wildman–Crippen LogP) is 10.5. The molecular weight excluding hydrogens is 909 g/mol. The van der Waals surface area contributed by atoms with E-state index in [1.807, 2.05) is 71.6 Å². The van der Waals surface area contributed by atoms with E-state index in [2.05, 4.69) is 42.2 Å². The van der Waals surface area contributed by atoms with E-state index < -0.39 is 30.1 Å². The topological polar surface area (TPSA) is 172 Å². The molecule has 1 saturated heterocycles. The van der Waals surface area contributed by atoms with E-state index in [-0.39, 0.29) is 63.0 Å². The Balaban J connectivity index is 1.24. The number of carbonyl (C=O) groups excluding carboxylic acids is 2. The van der Waals surface area contributed by atoms with Crippen molar-refractivity contribution in [2.24, 2.45) is 22.9 Å². The summed E-state index contributed by atoms with van der Waals surface area (Å²) in [6, 6.07) is 37.3. The van der Waals surface area contributed by atoms with Crippen LogP contribution in [0, 0.1) is 29.1 Å². The van der Waals surface area contributed by atoms with Gasteiger partial charge in [-0.05, 0) is 120 Å². The largest absolute Gasteiger partial charge is 0.459 e. The van der Waals surface area contributed by atoms with Crippen LogP contribution >= 0.6 is 0 Å². The van der Waals surface area contributed by atoms with Gasteiger partial charge in [-0.3, -0.25) is 4.79 Å². The molecule has 0 radical (unpaired) electrons. The first kappa shape index (κ1) is 50.1. The molecule has 0 bridgehead atoms. The summed E-state index contributed by atoms with van der Waals surface area (Å²) < 4.78 is 26.9. The van der Waals surface area contributed by atoms with Crippen LogP contribution < -0.4 is 14.8 Å². The highest BCUT2D eigenvalue weighted by Gasteiger charge is 2.65. The molecule has 9 rings (SSSR count). The van der Waals surface area contributed by atoms with Crippen molar-refractivity contribution in [1.82, 2.24) is 10.2 Å². The van der Waals surface area contributed by atoms with Crippen molar-refractivity contribution in [3.05, 3.63) is 167 Å². The molecule has 0 spiro atoms. The second kappa shape index (κ2) is 23.6. The minimum absolute atomic E-state index is 0.0203. The van der Waals surface area contributed by atoms with Crippen molar-refractivity contribution < 1.29 is 43.6 Å². The quantitative estimate of drug-likeness (QED) is 0.0387. The molecule has 13 heteroatoms. The van der Waals surface area contributed by atoms with Gasteiger partial charge in [0.25, 0.3) is 5.91 Å². The van der Waals surface area contributed by atoms with Gasteiger partial charge in [-0.1, -0.05) is 103 Å². The first-order valence-corrected chi connectivity index (χ1v) is 25.5. The van der Waals surface area contributed by atoms with Crippen molar-refractivity contribution >= 4 is 28.5 Å². The molecule has 1 saturated carbocycles. The Hall–Kier alpha value is -6.82. The van der Waals surface area contributed by atoms with Crippen LogP contribution in [0.1, 0.15) is 103 Å². The van der Waals surface area contributed by atoms with E-state index >= 15 is 4.79 Å². The van der Waals surface area contributed by atoms with E-state index in [9.17, 15) is 20.3 Å². The first-order valence-electron chi connectivity index (χ1n) is 25.5. The van der Waals surface area contributed by atoms with Crippen LogP contribution in [0.2, 0.25) is 0 Å². The number of hydrogen-bond acceptors (Lipinski definition) is 11. The van der Waals surface area contributed by atoms with Crippen molar-refractivity contribution in [2.45, 2.75) is 101 Å². The zero-order valence-corrected chi connectivity index (χ0v) is 40.7. The second-order valence-electron chi connectivity index (χ2n) is 19.2. The van der Waals surface area contributed by atoms with Gasteiger partial charge in [0.1, 0.15) is 17.5 Å². The number of aliphatic hydroxyl groups is 2. The number of aliphatic hydroxyl groups excluding tert-OH is 2. The molecule has 3 N–H and O–H groups in total. The molecule has 2 fully saturated rings. The van der Waals surface area contributed by atoms with Crippen LogP contribution in [0.3, 0.4) is 0 Å². The minimum atomic E-state index is -1.56. The maximum atomic E-state index is 15.7. The highest BCUT2D eigenvalue weighted by atomic mass is 16.8. The maximum absolute atomic E-state index is 15.7. The van der Waals surface area contributed by atoms with E-state index in [1.54, 1.807) is 36.4 Å². The van der Waals surface area contributed by atoms with Crippen LogP contribution in [0.15, 0.2) is 145 Å². The number of hydrogen-bond donors (Lipinski definition) is 3. The Kier molecular flexibility index (Phi) is 16.4. The number of nitriles is 1. The fourth-order valence-corrected chi connectivity index (χ4v) is 11.3. The number of benzene rings is 5. The monoisotopic (exact) mass is 972 g/mol. The fraction of sp³-hybridized carbons (Fsp3) is 0.390. The van der Waals surface area contributed by atoms with Crippen LogP contribution in [-0.4, -0.2) is 77.4 Å². The van der Waals surface area contributed by atoms with Gasteiger partial charge >= 0.3 is 6.09 Å². The van der Waals surface area contributed by atoms with Gasteiger partial charge in [0.15, 0.2) is 0 Å². The second-order valence-corrected chi connectivity index (χ2v) is 19.2. The van der Waals surface area contributed by atoms with Crippen LogP contribution in [0.5, 0.6) is 11.5 Å². The SMILES string of the molecule is C=CCO[C@@]12Oc3ccc(OC(=O)NCc4ccccc4)cc3[C@H]3[C@H](CCCCO)[C@@H](CCCCO)C=C(C(=NOC4CCCCO4)C[C@@H]1N(Cc1cccc4ccccc14)C(=O)c1ccc(C#N)cc1)[C@H]32. The lowest BCUT2D eigenvalue weighted by Gasteiger charge is -2.60. The van der Waals surface area contributed by atoms with E-state index in [0.29, 0.717) is 54.2 Å². The molecule has 13 nitrogen and oxygen atoms in total. The number of rotatable bonds is 20. The molecule has 4 aliphatic rings. The molecule has 2 amide bonds. The van der Waals surface area contributed by atoms with Crippen LogP contribution in [0.4, 0.5) is 4.79 Å². The summed E-state index contributed by atoms with van der Waals surface area (Å²) in [5.74, 6) is -2.07. The highest BCUT2D eigenvalue weighted by molar-refractivity contribution is 6.03. The standard InChI is InChI=1S/C59H64N4O9/c1-2-32-69-59-53(63(57(66)43-26-24-40(37-60)25-27-43)39-45-20-14-19-42-17-6-7-21-47(42)45)36-51(62-72-54-23-10-13-33-68-54)49-34-44(18-8-11-30-64)48(22-9-12-31-65)55(56(49)59)50-35-46(28-29-52(50)71-59)70-58(67)61-38-41-15-4-3-5-16-41/h2-7,14-17,19-21,24-29,34-35,44,48,53-56,64-65H,1,8-13,18,22-23,30-33,36,38-39H2,(H,61,67)/t44-,48+,53-,54?,55+,56+,59+/m0/s1. The number of amides is 2. The molecule has 5 aromatic carbocycles. The summed E-state index contributed by atoms with van der Waals surface area (Å²) in [7, 11) is 0. The van der Waals surface area contributed by atoms with Gasteiger partial charge in [0, 0.05) is 56.2 Å². The number of unbranched alkanes of at least 4 members (excludes halogenated alkanes) is 2. The molecule has 2 aliphatic carbocycles. The fourth-order valence-electron chi connectivity index (χ4n) is 11.3. The minimum Gasteiger partial charge on any atom is -0.459 e. The van der Waals surface area contributed by atoms with Gasteiger partial charge < -0.3 is 44.2 Å². The Labute approximate surface area is 421 Å². The Morgan fingerprint density at radius 1 is 0.917 bits per heavy atom. The third-order valence-corrected chi connectivity index (χ3v) is 14.7. The smallest absolute Gasteiger partial charge is 0.412 e. The number of carbonyl (C=O) groups is 2. The molecule has 0 aromatic heterocycles. The van der Waals surface area contributed by atoms with Crippen molar-refractivity contribution in [3.8, 4) is 17.6 Å². The third kappa shape index (κ3) is 11.0. The molecule has 2 heterocycles. The van der Waals surface area contributed by atoms with Crippen LogP contribution in [0.25, 0.3) is 10.8 Å². The van der Waals surface area contributed by atoms with E-state index in [4.69, 9.17) is 28.9 Å². The molecule has 72 heavy (non-hydrogen) atoms. The highest BCUT2D eigenvalue weighted by Crippen LogP contribution is 2.62. The van der Waals surface area contributed by atoms with E-state index in [0.717, 1.165) is 71.6 Å². The molecule has 1 unspecified atom stereocenters. The summed E-state index contributed by atoms with van der Waals surface area (Å²) in [4.78, 5) is 37.4. The maximum Gasteiger partial charge on any atom is 0.412 e. The molecule has 7 atom stereocenters. The molecule has 2 aliphatic heterocycles. The third-order valence-electron chi connectivity index (χ3n) is 14.7. The molecule has 5 aromatic rings. The number of nitrogens with zero attached hydrogens (tertiary/aromatic N) is 3. The molecular formula is C59H64N4O9. The van der Waals surface area contributed by atoms with Crippen molar-refractivity contribution in [2.75, 3.05) is 26.4 Å². The van der Waals surface area contributed by atoms with Gasteiger partial charge in [-0.2, -0.15) is 5.26 Å².